The smallest absolute Gasteiger partial charge is 0.123 e. The van der Waals surface area contributed by atoms with Crippen LogP contribution in [0.15, 0.2) is 12.1 Å². The molecular formula is C27H47NO. The third-order valence-corrected chi connectivity index (χ3v) is 6.42. The Morgan fingerprint density at radius 3 is 1.72 bits per heavy atom. The molecular weight excluding hydrogens is 354 g/mol. The van der Waals surface area contributed by atoms with E-state index in [-0.39, 0.29) is 10.8 Å². The highest BCUT2D eigenvalue weighted by Gasteiger charge is 2.26. The Morgan fingerprint density at radius 2 is 1.21 bits per heavy atom. The molecule has 0 spiro atoms. The second-order valence-corrected chi connectivity index (χ2v) is 11.3. The summed E-state index contributed by atoms with van der Waals surface area (Å²) in [6, 6.07) is 4.51. The summed E-state index contributed by atoms with van der Waals surface area (Å²) < 4.78 is 0. The first-order valence-corrected chi connectivity index (χ1v) is 12.2. The molecule has 0 unspecified atom stereocenters. The van der Waals surface area contributed by atoms with Gasteiger partial charge in [0.05, 0.1) is 0 Å². The van der Waals surface area contributed by atoms with Crippen molar-refractivity contribution in [2.24, 2.45) is 0 Å². The summed E-state index contributed by atoms with van der Waals surface area (Å²) in [6.45, 7) is 17.2. The zero-order valence-corrected chi connectivity index (χ0v) is 20.2. The predicted octanol–water partition coefficient (Wildman–Crippen LogP) is 7.36. The molecule has 0 amide bonds. The van der Waals surface area contributed by atoms with Crippen molar-refractivity contribution in [3.05, 3.63) is 28.8 Å². The monoisotopic (exact) mass is 401 g/mol. The zero-order valence-electron chi connectivity index (χ0n) is 20.2. The number of unbranched alkanes of at least 4 members (excludes halogenated alkanes) is 5. The average Bonchev–Trinajstić information content (AvgIpc) is 2.64. The Labute approximate surface area is 181 Å². The molecule has 0 aliphatic carbocycles. The number of aryl methyl sites for hydroxylation is 1. The molecule has 0 atom stereocenters. The summed E-state index contributed by atoms with van der Waals surface area (Å²) in [7, 11) is 0. The van der Waals surface area contributed by atoms with Crippen molar-refractivity contribution in [1.29, 1.82) is 0 Å². The van der Waals surface area contributed by atoms with E-state index in [0.717, 1.165) is 17.5 Å². The van der Waals surface area contributed by atoms with Crippen LogP contribution >= 0.6 is 0 Å². The molecule has 29 heavy (non-hydrogen) atoms. The Balaban J connectivity index is 1.76. The van der Waals surface area contributed by atoms with Crippen LogP contribution in [-0.4, -0.2) is 29.6 Å². The summed E-state index contributed by atoms with van der Waals surface area (Å²) in [6.07, 6.45) is 13.5. The number of nitrogens with zero attached hydrogens (tertiary/aromatic N) is 1. The fourth-order valence-electron chi connectivity index (χ4n) is 4.54. The molecule has 1 heterocycles. The molecule has 2 nitrogen and oxygen atoms in total. The molecule has 2 rings (SSSR count). The van der Waals surface area contributed by atoms with Gasteiger partial charge >= 0.3 is 0 Å². The van der Waals surface area contributed by atoms with Gasteiger partial charge in [-0.15, -0.1) is 0 Å². The number of piperidine rings is 1. The largest absolute Gasteiger partial charge is 0.507 e. The highest BCUT2D eigenvalue weighted by Crippen LogP contribution is 2.40. The summed E-state index contributed by atoms with van der Waals surface area (Å²) >= 11 is 0. The van der Waals surface area contributed by atoms with Gasteiger partial charge in [-0.05, 0) is 79.3 Å². The molecule has 2 heteroatoms. The molecule has 0 radical (unpaired) electrons. The summed E-state index contributed by atoms with van der Waals surface area (Å²) in [5, 5.41) is 10.9. The number of likely N-dealkylation sites (tertiary alicyclic amines) is 1. The van der Waals surface area contributed by atoms with Gasteiger partial charge in [-0.3, -0.25) is 0 Å². The fraction of sp³-hybridized carbons (Fsp3) is 0.778. The molecule has 1 aliphatic rings. The van der Waals surface area contributed by atoms with E-state index < -0.39 is 0 Å². The second-order valence-electron chi connectivity index (χ2n) is 11.3. The van der Waals surface area contributed by atoms with Crippen LogP contribution in [0.25, 0.3) is 0 Å². The third kappa shape index (κ3) is 7.96. The SMILES string of the molecule is CC(C)(C)c1cc(CCCCCCCCN2CCCCC2)cc(C(C)(C)C)c1O. The lowest BCUT2D eigenvalue weighted by molar-refractivity contribution is 0.224. The molecule has 0 saturated carbocycles. The predicted molar refractivity (Wildman–Crippen MR) is 127 cm³/mol. The number of benzene rings is 1. The first kappa shape index (κ1) is 24.3. The van der Waals surface area contributed by atoms with E-state index in [1.807, 2.05) is 0 Å². The fourth-order valence-corrected chi connectivity index (χ4v) is 4.54. The lowest BCUT2D eigenvalue weighted by Crippen LogP contribution is -2.30. The van der Waals surface area contributed by atoms with E-state index in [1.54, 1.807) is 0 Å². The van der Waals surface area contributed by atoms with Crippen LogP contribution in [0, 0.1) is 0 Å². The van der Waals surface area contributed by atoms with Crippen molar-refractivity contribution >= 4 is 0 Å². The minimum absolute atomic E-state index is 0.0333. The number of phenolic OH excluding ortho intramolecular Hbond substituents is 1. The topological polar surface area (TPSA) is 23.5 Å². The Bertz CT molecular complexity index is 579. The number of phenols is 1. The van der Waals surface area contributed by atoms with Gasteiger partial charge in [0.1, 0.15) is 5.75 Å². The van der Waals surface area contributed by atoms with Gasteiger partial charge in [-0.2, -0.15) is 0 Å². The van der Waals surface area contributed by atoms with Gasteiger partial charge in [-0.1, -0.05) is 85.8 Å². The molecule has 1 aliphatic heterocycles. The zero-order chi connectivity index (χ0) is 21.5. The van der Waals surface area contributed by atoms with Gasteiger partial charge in [-0.25, -0.2) is 0 Å². The summed E-state index contributed by atoms with van der Waals surface area (Å²) in [4.78, 5) is 2.66. The quantitative estimate of drug-likeness (QED) is 0.437. The summed E-state index contributed by atoms with van der Waals surface area (Å²) in [5.74, 6) is 0.502. The van der Waals surface area contributed by atoms with E-state index in [4.69, 9.17) is 0 Å². The number of aromatic hydroxyl groups is 1. The van der Waals surface area contributed by atoms with Crippen LogP contribution in [0.4, 0.5) is 0 Å². The van der Waals surface area contributed by atoms with E-state index in [0.29, 0.717) is 5.75 Å². The van der Waals surface area contributed by atoms with Crippen LogP contribution in [0.1, 0.15) is 116 Å². The van der Waals surface area contributed by atoms with Gasteiger partial charge < -0.3 is 10.0 Å². The van der Waals surface area contributed by atoms with Crippen LogP contribution in [0.5, 0.6) is 5.75 Å². The van der Waals surface area contributed by atoms with Gasteiger partial charge in [0, 0.05) is 0 Å². The van der Waals surface area contributed by atoms with Crippen molar-refractivity contribution in [2.75, 3.05) is 19.6 Å². The van der Waals surface area contributed by atoms with Crippen LogP contribution in [0.3, 0.4) is 0 Å². The Hall–Kier alpha value is -1.02. The maximum absolute atomic E-state index is 10.9. The van der Waals surface area contributed by atoms with Crippen molar-refractivity contribution < 1.29 is 5.11 Å². The normalized spacial score (nSPS) is 16.3. The number of hydrogen-bond acceptors (Lipinski definition) is 2. The standard InChI is InChI=1S/C27H47NO/c1-26(2,3)23-20-22(21-24(25(23)29)27(4,5)6)16-12-9-7-8-10-13-17-28-18-14-11-15-19-28/h20-21,29H,7-19H2,1-6H3. The number of rotatable bonds is 9. The van der Waals surface area contributed by atoms with Crippen LogP contribution < -0.4 is 0 Å². The van der Waals surface area contributed by atoms with Gasteiger partial charge in [0.15, 0.2) is 0 Å². The maximum Gasteiger partial charge on any atom is 0.123 e. The van der Waals surface area contributed by atoms with E-state index >= 15 is 0 Å². The molecule has 0 bridgehead atoms. The van der Waals surface area contributed by atoms with Crippen LogP contribution in [-0.2, 0) is 17.3 Å². The lowest BCUT2D eigenvalue weighted by atomic mass is 9.78. The minimum atomic E-state index is -0.0333. The van der Waals surface area contributed by atoms with E-state index in [1.165, 1.54) is 83.0 Å². The summed E-state index contributed by atoms with van der Waals surface area (Å²) in [5.41, 5.74) is 3.51. The van der Waals surface area contributed by atoms with E-state index in [2.05, 4.69) is 58.6 Å². The average molecular weight is 402 g/mol. The molecule has 1 saturated heterocycles. The Morgan fingerprint density at radius 1 is 0.724 bits per heavy atom. The molecule has 1 aromatic rings. The number of hydrogen-bond donors (Lipinski definition) is 1. The molecule has 1 aromatic carbocycles. The molecule has 1 fully saturated rings. The molecule has 166 valence electrons. The lowest BCUT2D eigenvalue weighted by Gasteiger charge is -2.28. The van der Waals surface area contributed by atoms with Gasteiger partial charge in [0.25, 0.3) is 0 Å². The highest BCUT2D eigenvalue weighted by molar-refractivity contribution is 5.49. The van der Waals surface area contributed by atoms with Crippen molar-refractivity contribution in [3.63, 3.8) is 0 Å². The van der Waals surface area contributed by atoms with E-state index in [9.17, 15) is 5.11 Å². The van der Waals surface area contributed by atoms with Crippen molar-refractivity contribution in [1.82, 2.24) is 4.90 Å². The van der Waals surface area contributed by atoms with Crippen LogP contribution in [0.2, 0.25) is 0 Å². The first-order valence-electron chi connectivity index (χ1n) is 12.2. The first-order chi connectivity index (χ1) is 13.6. The minimum Gasteiger partial charge on any atom is -0.507 e. The van der Waals surface area contributed by atoms with Gasteiger partial charge in [0.2, 0.25) is 0 Å². The third-order valence-electron chi connectivity index (χ3n) is 6.42. The Kier molecular flexibility index (Phi) is 9.07. The van der Waals surface area contributed by atoms with Crippen molar-refractivity contribution in [2.45, 2.75) is 117 Å². The van der Waals surface area contributed by atoms with Crippen molar-refractivity contribution in [3.8, 4) is 5.75 Å². The highest BCUT2D eigenvalue weighted by atomic mass is 16.3. The molecule has 0 aromatic heterocycles. The maximum atomic E-state index is 10.9. The second kappa shape index (κ2) is 10.8. The molecule has 1 N–H and O–H groups in total.